The Morgan fingerprint density at radius 2 is 1.65 bits per heavy atom. The summed E-state index contributed by atoms with van der Waals surface area (Å²) in [6, 6.07) is 14.4. The van der Waals surface area contributed by atoms with Gasteiger partial charge in [0.15, 0.2) is 0 Å². The number of nitrogens with one attached hydrogen (secondary N) is 1. The highest BCUT2D eigenvalue weighted by molar-refractivity contribution is 6.40. The van der Waals surface area contributed by atoms with Gasteiger partial charge in [-0.3, -0.25) is 14.9 Å². The third-order valence-electron chi connectivity index (χ3n) is 6.17. The standard InChI is InChI=1S/C27H26ClN3O3/c1-15(2)19-9-11-21(12-10-19)30-16(3)13-20(18(30)5)14-22-25(32)29-27(34)31(26(22)33)24-8-6-7-23(28)17(24)4/h6-15H,1-5H3,(H,29,32,34)/b22-14+. The normalized spacial score (nSPS) is 15.4. The lowest BCUT2D eigenvalue weighted by Gasteiger charge is -2.27. The van der Waals surface area contributed by atoms with E-state index in [0.29, 0.717) is 22.2 Å². The first-order valence-corrected chi connectivity index (χ1v) is 11.4. The van der Waals surface area contributed by atoms with Crippen LogP contribution < -0.4 is 10.2 Å². The Bertz CT molecular complexity index is 1350. The summed E-state index contributed by atoms with van der Waals surface area (Å²) in [6.07, 6.45) is 1.54. The molecule has 7 heteroatoms. The van der Waals surface area contributed by atoms with Crippen LogP contribution in [0.3, 0.4) is 0 Å². The van der Waals surface area contributed by atoms with Crippen LogP contribution in [0.4, 0.5) is 10.5 Å². The van der Waals surface area contributed by atoms with Crippen molar-refractivity contribution in [3.05, 3.63) is 87.2 Å². The minimum atomic E-state index is -0.798. The highest BCUT2D eigenvalue weighted by Gasteiger charge is 2.37. The summed E-state index contributed by atoms with van der Waals surface area (Å²) in [4.78, 5) is 39.5. The second-order valence-electron chi connectivity index (χ2n) is 8.75. The molecule has 174 valence electrons. The van der Waals surface area contributed by atoms with Crippen molar-refractivity contribution in [2.75, 3.05) is 4.90 Å². The maximum Gasteiger partial charge on any atom is 0.335 e. The topological polar surface area (TPSA) is 71.4 Å². The molecule has 0 spiro atoms. The summed E-state index contributed by atoms with van der Waals surface area (Å²) in [6.45, 7) is 9.92. The van der Waals surface area contributed by atoms with Crippen LogP contribution in [0.1, 0.15) is 47.8 Å². The number of amides is 4. The molecule has 0 unspecified atom stereocenters. The Kier molecular flexibility index (Phi) is 6.19. The van der Waals surface area contributed by atoms with Crippen LogP contribution in [0.15, 0.2) is 54.1 Å². The van der Waals surface area contributed by atoms with Crippen LogP contribution in [0.5, 0.6) is 0 Å². The first kappa shape index (κ1) is 23.5. The molecule has 1 N–H and O–H groups in total. The zero-order chi connectivity index (χ0) is 24.7. The average molecular weight is 476 g/mol. The molecule has 4 rings (SSSR count). The molecule has 6 nitrogen and oxygen atoms in total. The smallest absolute Gasteiger partial charge is 0.318 e. The molecule has 0 saturated carbocycles. The molecular weight excluding hydrogens is 450 g/mol. The number of rotatable bonds is 4. The molecular formula is C27H26ClN3O3. The third kappa shape index (κ3) is 4.05. The van der Waals surface area contributed by atoms with E-state index in [0.717, 1.165) is 27.5 Å². The fourth-order valence-electron chi connectivity index (χ4n) is 4.21. The van der Waals surface area contributed by atoms with E-state index < -0.39 is 17.8 Å². The van der Waals surface area contributed by atoms with E-state index in [4.69, 9.17) is 11.6 Å². The van der Waals surface area contributed by atoms with Gasteiger partial charge in [0.25, 0.3) is 11.8 Å². The summed E-state index contributed by atoms with van der Waals surface area (Å²) in [5, 5.41) is 2.70. The number of benzene rings is 2. The minimum absolute atomic E-state index is 0.116. The van der Waals surface area contributed by atoms with Crippen LogP contribution in [0.2, 0.25) is 5.02 Å². The number of hydrogen-bond acceptors (Lipinski definition) is 3. The minimum Gasteiger partial charge on any atom is -0.318 e. The first-order chi connectivity index (χ1) is 16.1. The summed E-state index contributed by atoms with van der Waals surface area (Å²) in [5.74, 6) is -0.979. The Morgan fingerprint density at radius 1 is 0.971 bits per heavy atom. The van der Waals surface area contributed by atoms with Gasteiger partial charge in [-0.2, -0.15) is 0 Å². The van der Waals surface area contributed by atoms with Crippen molar-refractivity contribution in [2.45, 2.75) is 40.5 Å². The molecule has 4 amide bonds. The molecule has 0 atom stereocenters. The Balaban J connectivity index is 1.75. The fraction of sp³-hybridized carbons (Fsp3) is 0.222. The van der Waals surface area contributed by atoms with Gasteiger partial charge in [-0.15, -0.1) is 0 Å². The van der Waals surface area contributed by atoms with Crippen molar-refractivity contribution >= 4 is 41.2 Å². The van der Waals surface area contributed by atoms with Gasteiger partial charge in [-0.05, 0) is 79.8 Å². The van der Waals surface area contributed by atoms with Crippen molar-refractivity contribution in [1.29, 1.82) is 0 Å². The lowest BCUT2D eigenvalue weighted by Crippen LogP contribution is -2.54. The fourth-order valence-corrected chi connectivity index (χ4v) is 4.38. The van der Waals surface area contributed by atoms with Crippen LogP contribution >= 0.6 is 11.6 Å². The molecule has 1 aliphatic rings. The molecule has 1 saturated heterocycles. The summed E-state index contributed by atoms with van der Waals surface area (Å²) in [5.41, 5.74) is 5.60. The third-order valence-corrected chi connectivity index (χ3v) is 6.58. The van der Waals surface area contributed by atoms with Crippen LogP contribution in [-0.2, 0) is 9.59 Å². The predicted octanol–water partition coefficient (Wildman–Crippen LogP) is 5.85. The van der Waals surface area contributed by atoms with Crippen LogP contribution in [0, 0.1) is 20.8 Å². The summed E-state index contributed by atoms with van der Waals surface area (Å²) >= 11 is 6.20. The molecule has 3 aromatic rings. The molecule has 0 aliphatic carbocycles. The Labute approximate surface area is 203 Å². The summed E-state index contributed by atoms with van der Waals surface area (Å²) < 4.78 is 2.08. The average Bonchev–Trinajstić information content (AvgIpc) is 3.06. The quantitative estimate of drug-likeness (QED) is 0.380. The number of hydrogen-bond donors (Lipinski definition) is 1. The molecule has 1 aromatic heterocycles. The van der Waals surface area contributed by atoms with E-state index in [9.17, 15) is 14.4 Å². The van der Waals surface area contributed by atoms with Gasteiger partial charge in [0.05, 0.1) is 5.69 Å². The first-order valence-electron chi connectivity index (χ1n) is 11.1. The number of carbonyl (C=O) groups is 3. The molecule has 2 heterocycles. The second kappa shape index (κ2) is 8.95. The number of imide groups is 2. The van der Waals surface area contributed by atoms with Crippen molar-refractivity contribution in [3.8, 4) is 5.69 Å². The molecule has 0 radical (unpaired) electrons. The number of nitrogens with zero attached hydrogens (tertiary/aromatic N) is 2. The lowest BCUT2D eigenvalue weighted by atomic mass is 10.0. The van der Waals surface area contributed by atoms with Gasteiger partial charge in [-0.1, -0.05) is 43.6 Å². The molecule has 1 fully saturated rings. The SMILES string of the molecule is Cc1c(Cl)cccc1N1C(=O)NC(=O)/C(=C\c2cc(C)n(-c3ccc(C(C)C)cc3)c2C)C1=O. The van der Waals surface area contributed by atoms with Crippen LogP contribution in [-0.4, -0.2) is 22.4 Å². The van der Waals surface area contributed by atoms with Crippen molar-refractivity contribution in [1.82, 2.24) is 9.88 Å². The monoisotopic (exact) mass is 475 g/mol. The number of anilines is 1. The molecule has 34 heavy (non-hydrogen) atoms. The number of urea groups is 1. The van der Waals surface area contributed by atoms with Gasteiger partial charge >= 0.3 is 6.03 Å². The van der Waals surface area contributed by atoms with E-state index in [1.807, 2.05) is 19.9 Å². The van der Waals surface area contributed by atoms with E-state index >= 15 is 0 Å². The highest BCUT2D eigenvalue weighted by atomic mass is 35.5. The number of halogens is 1. The lowest BCUT2D eigenvalue weighted by molar-refractivity contribution is -0.122. The van der Waals surface area contributed by atoms with E-state index in [1.165, 1.54) is 11.6 Å². The van der Waals surface area contributed by atoms with Gasteiger partial charge in [0, 0.05) is 22.1 Å². The van der Waals surface area contributed by atoms with Crippen molar-refractivity contribution in [2.24, 2.45) is 0 Å². The molecule has 1 aliphatic heterocycles. The van der Waals surface area contributed by atoms with Gasteiger partial charge < -0.3 is 4.57 Å². The van der Waals surface area contributed by atoms with E-state index in [2.05, 4.69) is 48.0 Å². The largest absolute Gasteiger partial charge is 0.335 e. The number of aromatic nitrogens is 1. The van der Waals surface area contributed by atoms with Crippen molar-refractivity contribution < 1.29 is 14.4 Å². The van der Waals surface area contributed by atoms with Crippen molar-refractivity contribution in [3.63, 3.8) is 0 Å². The zero-order valence-electron chi connectivity index (χ0n) is 19.8. The van der Waals surface area contributed by atoms with Gasteiger partial charge in [0.2, 0.25) is 0 Å². The maximum atomic E-state index is 13.3. The van der Waals surface area contributed by atoms with E-state index in [-0.39, 0.29) is 5.57 Å². The van der Waals surface area contributed by atoms with Gasteiger partial charge in [-0.25, -0.2) is 9.69 Å². The number of barbiturate groups is 1. The van der Waals surface area contributed by atoms with E-state index in [1.54, 1.807) is 25.1 Å². The molecule has 2 aromatic carbocycles. The molecule has 0 bridgehead atoms. The highest BCUT2D eigenvalue weighted by Crippen LogP contribution is 2.30. The summed E-state index contributed by atoms with van der Waals surface area (Å²) in [7, 11) is 0. The zero-order valence-corrected chi connectivity index (χ0v) is 20.5. The number of aryl methyl sites for hydroxylation is 1. The Hall–Kier alpha value is -3.64. The maximum absolute atomic E-state index is 13.3. The predicted molar refractivity (Wildman–Crippen MR) is 135 cm³/mol. The van der Waals surface area contributed by atoms with Gasteiger partial charge in [0.1, 0.15) is 5.57 Å². The van der Waals surface area contributed by atoms with Crippen LogP contribution in [0.25, 0.3) is 11.8 Å². The Morgan fingerprint density at radius 3 is 2.29 bits per heavy atom. The number of carbonyl (C=O) groups excluding carboxylic acids is 3. The second-order valence-corrected chi connectivity index (χ2v) is 9.16.